The summed E-state index contributed by atoms with van der Waals surface area (Å²) in [6.07, 6.45) is 4.53. The van der Waals surface area contributed by atoms with E-state index in [-0.39, 0.29) is 0 Å². The second-order valence-corrected chi connectivity index (χ2v) is 7.05. The molecule has 5 rings (SSSR count). The highest BCUT2D eigenvalue weighted by Gasteiger charge is 2.28. The van der Waals surface area contributed by atoms with Gasteiger partial charge in [0.2, 0.25) is 11.7 Å². The van der Waals surface area contributed by atoms with Crippen LogP contribution in [0.15, 0.2) is 71.5 Å². The third-order valence-electron chi connectivity index (χ3n) is 5.28. The molecular formula is C22H20N4O. The van der Waals surface area contributed by atoms with Crippen LogP contribution in [0.4, 0.5) is 0 Å². The number of hydrogen-bond donors (Lipinski definition) is 0. The molecule has 1 saturated heterocycles. The van der Waals surface area contributed by atoms with Gasteiger partial charge in [-0.25, -0.2) is 0 Å². The maximum absolute atomic E-state index is 5.56. The third kappa shape index (κ3) is 3.22. The minimum atomic E-state index is 0.295. The Bertz CT molecular complexity index is 1050. The lowest BCUT2D eigenvalue weighted by molar-refractivity contribution is 0.310. The van der Waals surface area contributed by atoms with E-state index in [1.54, 1.807) is 12.4 Å². The van der Waals surface area contributed by atoms with Crippen LogP contribution >= 0.6 is 0 Å². The number of hydrogen-bond acceptors (Lipinski definition) is 5. The van der Waals surface area contributed by atoms with Gasteiger partial charge in [0.25, 0.3) is 0 Å². The Hall–Kier alpha value is -3.05. The van der Waals surface area contributed by atoms with Crippen molar-refractivity contribution in [2.24, 2.45) is 0 Å². The van der Waals surface area contributed by atoms with Gasteiger partial charge in [-0.05, 0) is 41.4 Å². The zero-order chi connectivity index (χ0) is 18.1. The summed E-state index contributed by atoms with van der Waals surface area (Å²) in [7, 11) is 0. The lowest BCUT2D eigenvalue weighted by Gasteiger charge is -2.16. The predicted molar refractivity (Wildman–Crippen MR) is 104 cm³/mol. The molecule has 2 aromatic carbocycles. The minimum absolute atomic E-state index is 0.295. The molecule has 0 aliphatic carbocycles. The van der Waals surface area contributed by atoms with Gasteiger partial charge in [0.05, 0.1) is 5.92 Å². The zero-order valence-corrected chi connectivity index (χ0v) is 15.0. The fraction of sp³-hybridized carbons (Fsp3) is 0.227. The van der Waals surface area contributed by atoms with Gasteiger partial charge in [-0.3, -0.25) is 9.88 Å². The largest absolute Gasteiger partial charge is 0.339 e. The topological polar surface area (TPSA) is 55.1 Å². The maximum Gasteiger partial charge on any atom is 0.231 e. The Morgan fingerprint density at radius 1 is 1.00 bits per heavy atom. The number of rotatable bonds is 4. The Labute approximate surface area is 157 Å². The van der Waals surface area contributed by atoms with Gasteiger partial charge >= 0.3 is 0 Å². The molecule has 5 heteroatoms. The highest BCUT2D eigenvalue weighted by atomic mass is 16.5. The molecule has 27 heavy (non-hydrogen) atoms. The van der Waals surface area contributed by atoms with Crippen molar-refractivity contribution in [2.75, 3.05) is 13.1 Å². The van der Waals surface area contributed by atoms with Gasteiger partial charge in [-0.15, -0.1) is 0 Å². The fourth-order valence-corrected chi connectivity index (χ4v) is 3.87. The molecule has 2 aromatic heterocycles. The van der Waals surface area contributed by atoms with E-state index in [4.69, 9.17) is 4.52 Å². The van der Waals surface area contributed by atoms with Crippen LogP contribution in [0.3, 0.4) is 0 Å². The summed E-state index contributed by atoms with van der Waals surface area (Å²) < 4.78 is 5.56. The highest BCUT2D eigenvalue weighted by molar-refractivity contribution is 5.85. The first-order valence-electron chi connectivity index (χ1n) is 9.30. The fourth-order valence-electron chi connectivity index (χ4n) is 3.87. The molecule has 0 amide bonds. The summed E-state index contributed by atoms with van der Waals surface area (Å²) in [5.74, 6) is 1.67. The van der Waals surface area contributed by atoms with Gasteiger partial charge < -0.3 is 4.52 Å². The molecule has 1 unspecified atom stereocenters. The summed E-state index contributed by atoms with van der Waals surface area (Å²) in [6.45, 7) is 2.94. The Balaban J connectivity index is 1.31. The molecule has 0 saturated carbocycles. The van der Waals surface area contributed by atoms with E-state index in [0.717, 1.165) is 37.5 Å². The first kappa shape index (κ1) is 16.1. The molecular weight excluding hydrogens is 336 g/mol. The summed E-state index contributed by atoms with van der Waals surface area (Å²) in [6, 6.07) is 18.9. The number of fused-ring (bicyclic) bond motifs is 1. The molecule has 3 heterocycles. The Morgan fingerprint density at radius 2 is 1.85 bits per heavy atom. The van der Waals surface area contributed by atoms with Crippen molar-refractivity contribution in [1.29, 1.82) is 0 Å². The quantitative estimate of drug-likeness (QED) is 0.546. The molecule has 5 nitrogen and oxygen atoms in total. The van der Waals surface area contributed by atoms with E-state index >= 15 is 0 Å². The van der Waals surface area contributed by atoms with Crippen molar-refractivity contribution in [1.82, 2.24) is 20.0 Å². The smallest absolute Gasteiger partial charge is 0.231 e. The molecule has 1 fully saturated rings. The van der Waals surface area contributed by atoms with Crippen molar-refractivity contribution in [3.63, 3.8) is 0 Å². The van der Waals surface area contributed by atoms with Crippen LogP contribution in [0.25, 0.3) is 22.2 Å². The van der Waals surface area contributed by atoms with Crippen molar-refractivity contribution >= 4 is 10.8 Å². The Kier molecular flexibility index (Phi) is 4.14. The van der Waals surface area contributed by atoms with E-state index < -0.39 is 0 Å². The molecule has 0 spiro atoms. The van der Waals surface area contributed by atoms with E-state index in [1.165, 1.54) is 16.3 Å². The molecule has 0 N–H and O–H groups in total. The first-order valence-corrected chi connectivity index (χ1v) is 9.30. The van der Waals surface area contributed by atoms with Crippen LogP contribution in [0.5, 0.6) is 0 Å². The standard InChI is InChI=1S/C22H20N4O/c1-2-7-20-16(4-1)5-3-6-18(20)14-26-13-10-19(15-26)22-24-21(25-27-22)17-8-11-23-12-9-17/h1-9,11-12,19H,10,13-15H2. The van der Waals surface area contributed by atoms with Gasteiger partial charge in [0, 0.05) is 31.0 Å². The number of likely N-dealkylation sites (tertiary alicyclic amines) is 1. The van der Waals surface area contributed by atoms with Gasteiger partial charge in [-0.1, -0.05) is 47.6 Å². The zero-order valence-electron chi connectivity index (χ0n) is 15.0. The summed E-state index contributed by atoms with van der Waals surface area (Å²) in [5, 5.41) is 6.78. The predicted octanol–water partition coefficient (Wildman–Crippen LogP) is 4.27. The molecule has 1 aliphatic heterocycles. The summed E-state index contributed by atoms with van der Waals surface area (Å²) in [4.78, 5) is 11.1. The number of pyridine rings is 1. The lowest BCUT2D eigenvalue weighted by Crippen LogP contribution is -2.20. The van der Waals surface area contributed by atoms with Crippen LogP contribution in [0.2, 0.25) is 0 Å². The van der Waals surface area contributed by atoms with Crippen molar-refractivity contribution in [3.8, 4) is 11.4 Å². The minimum Gasteiger partial charge on any atom is -0.339 e. The van der Waals surface area contributed by atoms with Crippen molar-refractivity contribution < 1.29 is 4.52 Å². The van der Waals surface area contributed by atoms with Gasteiger partial charge in [-0.2, -0.15) is 4.98 Å². The second kappa shape index (κ2) is 6.93. The summed E-state index contributed by atoms with van der Waals surface area (Å²) >= 11 is 0. The van der Waals surface area contributed by atoms with Crippen molar-refractivity contribution in [3.05, 3.63) is 78.4 Å². The highest BCUT2D eigenvalue weighted by Crippen LogP contribution is 2.29. The van der Waals surface area contributed by atoms with Gasteiger partial charge in [0.1, 0.15) is 0 Å². The van der Waals surface area contributed by atoms with Crippen LogP contribution in [-0.4, -0.2) is 33.1 Å². The van der Waals surface area contributed by atoms with E-state index in [2.05, 4.69) is 62.5 Å². The van der Waals surface area contributed by atoms with Crippen molar-refractivity contribution in [2.45, 2.75) is 18.9 Å². The average molecular weight is 356 g/mol. The van der Waals surface area contributed by atoms with Crippen LogP contribution in [0, 0.1) is 0 Å². The van der Waals surface area contributed by atoms with E-state index in [1.807, 2.05) is 12.1 Å². The summed E-state index contributed by atoms with van der Waals surface area (Å²) in [5.41, 5.74) is 2.31. The second-order valence-electron chi connectivity index (χ2n) is 7.05. The van der Waals surface area contributed by atoms with Crippen LogP contribution in [0.1, 0.15) is 23.8 Å². The molecule has 134 valence electrons. The van der Waals surface area contributed by atoms with E-state index in [0.29, 0.717) is 11.7 Å². The molecule has 4 aromatic rings. The lowest BCUT2D eigenvalue weighted by atomic mass is 10.0. The molecule has 1 atom stereocenters. The van der Waals surface area contributed by atoms with Gasteiger partial charge in [0.15, 0.2) is 0 Å². The SMILES string of the molecule is c1ccc2c(CN3CCC(c4nc(-c5ccncc5)no4)C3)cccc2c1. The third-order valence-corrected chi connectivity index (χ3v) is 5.28. The van der Waals surface area contributed by atoms with E-state index in [9.17, 15) is 0 Å². The number of aromatic nitrogens is 3. The average Bonchev–Trinajstić information content (AvgIpc) is 3.39. The molecule has 0 radical (unpaired) electrons. The molecule has 0 bridgehead atoms. The van der Waals surface area contributed by atoms with Crippen LogP contribution in [-0.2, 0) is 6.54 Å². The molecule has 1 aliphatic rings. The monoisotopic (exact) mass is 356 g/mol. The maximum atomic E-state index is 5.56. The number of nitrogens with zero attached hydrogens (tertiary/aromatic N) is 4. The normalized spacial score (nSPS) is 17.6. The number of benzene rings is 2. The Morgan fingerprint density at radius 3 is 2.78 bits per heavy atom. The van der Waals surface area contributed by atoms with Crippen LogP contribution < -0.4 is 0 Å². The first-order chi connectivity index (χ1) is 13.4.